The summed E-state index contributed by atoms with van der Waals surface area (Å²) < 4.78 is 5.55. The number of nitrogens with one attached hydrogen (secondary N) is 2. The van der Waals surface area contributed by atoms with Crippen LogP contribution in [-0.2, 0) is 9.53 Å². The molecule has 0 heterocycles. The molecule has 0 bridgehead atoms. The number of halogens is 1. The molecule has 0 fully saturated rings. The first-order chi connectivity index (χ1) is 16.9. The van der Waals surface area contributed by atoms with E-state index in [-0.39, 0.29) is 28.8 Å². The molecule has 0 radical (unpaired) electrons. The summed E-state index contributed by atoms with van der Waals surface area (Å²) in [6.07, 6.45) is 0.243. The van der Waals surface area contributed by atoms with Crippen LogP contribution < -0.4 is 10.6 Å². The van der Waals surface area contributed by atoms with Crippen LogP contribution in [0.2, 0.25) is 5.02 Å². The largest absolute Gasteiger partial charge is 0.478 e. The maximum atomic E-state index is 12.9. The smallest absolute Gasteiger partial charge is 0.407 e. The molecular weight excluding hydrogens is 468 g/mol. The number of anilines is 1. The summed E-state index contributed by atoms with van der Waals surface area (Å²) in [4.78, 5) is 37.1. The number of aromatic carboxylic acids is 1. The number of hydrogen-bond donors (Lipinski definition) is 3. The van der Waals surface area contributed by atoms with Gasteiger partial charge >= 0.3 is 12.1 Å². The van der Waals surface area contributed by atoms with Gasteiger partial charge in [0.1, 0.15) is 12.6 Å². The van der Waals surface area contributed by atoms with Crippen molar-refractivity contribution in [1.29, 1.82) is 0 Å². The SMILES string of the molecule is CCC[C@@H](NC(=O)OCC1c2ccccc2-c2ccccc21)C(=O)Nc1cc(Cl)ccc1C(=O)O. The molecule has 3 aromatic rings. The van der Waals surface area contributed by atoms with Crippen LogP contribution in [-0.4, -0.2) is 35.7 Å². The van der Waals surface area contributed by atoms with E-state index >= 15 is 0 Å². The highest BCUT2D eigenvalue weighted by Crippen LogP contribution is 2.44. The molecule has 8 heteroatoms. The van der Waals surface area contributed by atoms with Crippen molar-refractivity contribution < 1.29 is 24.2 Å². The van der Waals surface area contributed by atoms with Crippen molar-refractivity contribution in [1.82, 2.24) is 5.32 Å². The molecule has 0 aromatic heterocycles. The monoisotopic (exact) mass is 492 g/mol. The Kier molecular flexibility index (Phi) is 7.36. The van der Waals surface area contributed by atoms with Gasteiger partial charge in [0, 0.05) is 10.9 Å². The predicted molar refractivity (Wildman–Crippen MR) is 134 cm³/mol. The average Bonchev–Trinajstić information content (AvgIpc) is 3.16. The third-order valence-electron chi connectivity index (χ3n) is 6.00. The number of rotatable bonds is 8. The molecule has 180 valence electrons. The van der Waals surface area contributed by atoms with E-state index in [2.05, 4.69) is 22.8 Å². The van der Waals surface area contributed by atoms with Gasteiger partial charge in [-0.1, -0.05) is 73.5 Å². The molecule has 3 N–H and O–H groups in total. The zero-order valence-corrected chi connectivity index (χ0v) is 19.8. The Morgan fingerprint density at radius 3 is 2.23 bits per heavy atom. The van der Waals surface area contributed by atoms with Gasteiger partial charge < -0.3 is 20.5 Å². The highest BCUT2D eigenvalue weighted by molar-refractivity contribution is 6.31. The fourth-order valence-corrected chi connectivity index (χ4v) is 4.54. The first-order valence-corrected chi connectivity index (χ1v) is 11.7. The Balaban J connectivity index is 1.43. The van der Waals surface area contributed by atoms with Gasteiger partial charge in [-0.15, -0.1) is 0 Å². The van der Waals surface area contributed by atoms with Gasteiger partial charge in [-0.25, -0.2) is 9.59 Å². The molecule has 0 aliphatic heterocycles. The van der Waals surface area contributed by atoms with E-state index in [1.165, 1.54) is 18.2 Å². The Morgan fingerprint density at radius 1 is 1.00 bits per heavy atom. The summed E-state index contributed by atoms with van der Waals surface area (Å²) in [5, 5.41) is 14.9. The van der Waals surface area contributed by atoms with Crippen molar-refractivity contribution in [3.8, 4) is 11.1 Å². The molecule has 4 rings (SSSR count). The average molecular weight is 493 g/mol. The summed E-state index contributed by atoms with van der Waals surface area (Å²) >= 11 is 5.97. The molecule has 1 atom stereocenters. The third kappa shape index (κ3) is 5.30. The Morgan fingerprint density at radius 2 is 1.63 bits per heavy atom. The highest BCUT2D eigenvalue weighted by Gasteiger charge is 2.30. The van der Waals surface area contributed by atoms with E-state index in [9.17, 15) is 19.5 Å². The first-order valence-electron chi connectivity index (χ1n) is 11.3. The number of benzene rings is 3. The molecule has 0 spiro atoms. The van der Waals surface area contributed by atoms with Crippen LogP contribution in [0.1, 0.15) is 47.2 Å². The molecule has 3 aromatic carbocycles. The summed E-state index contributed by atoms with van der Waals surface area (Å²) in [7, 11) is 0. The van der Waals surface area contributed by atoms with Crippen molar-refractivity contribution in [3.63, 3.8) is 0 Å². The van der Waals surface area contributed by atoms with Crippen LogP contribution in [0.3, 0.4) is 0 Å². The topological polar surface area (TPSA) is 105 Å². The molecule has 7 nitrogen and oxygen atoms in total. The van der Waals surface area contributed by atoms with Crippen LogP contribution >= 0.6 is 11.6 Å². The lowest BCUT2D eigenvalue weighted by molar-refractivity contribution is -0.118. The fourth-order valence-electron chi connectivity index (χ4n) is 4.37. The lowest BCUT2D eigenvalue weighted by atomic mass is 9.98. The maximum absolute atomic E-state index is 12.9. The molecule has 0 saturated carbocycles. The van der Waals surface area contributed by atoms with Crippen LogP contribution in [0.15, 0.2) is 66.7 Å². The molecule has 0 unspecified atom stereocenters. The first kappa shape index (κ1) is 24.3. The standard InChI is InChI=1S/C27H25ClN2O5/c1-2-7-23(25(31)29-24-14-16(28)12-13-21(24)26(32)33)30-27(34)35-15-22-19-10-5-3-8-17(19)18-9-4-6-11-20(18)22/h3-6,8-14,22-23H,2,7,15H2,1H3,(H,29,31)(H,30,34)(H,32,33)/t23-/m1/s1. The van der Waals surface area contributed by atoms with Gasteiger partial charge in [0.15, 0.2) is 0 Å². The van der Waals surface area contributed by atoms with Crippen LogP contribution in [0.25, 0.3) is 11.1 Å². The highest BCUT2D eigenvalue weighted by atomic mass is 35.5. The van der Waals surface area contributed by atoms with Crippen molar-refractivity contribution in [2.45, 2.75) is 31.7 Å². The normalized spacial score (nSPS) is 12.9. The van der Waals surface area contributed by atoms with Crippen LogP contribution in [0.5, 0.6) is 0 Å². The van der Waals surface area contributed by atoms with Gasteiger partial charge in [-0.3, -0.25) is 4.79 Å². The lowest BCUT2D eigenvalue weighted by Crippen LogP contribution is -2.44. The zero-order chi connectivity index (χ0) is 24.9. The van der Waals surface area contributed by atoms with Crippen molar-refractivity contribution in [2.75, 3.05) is 11.9 Å². The molecule has 1 aliphatic carbocycles. The zero-order valence-electron chi connectivity index (χ0n) is 19.1. The number of alkyl carbamates (subject to hydrolysis) is 1. The minimum Gasteiger partial charge on any atom is -0.478 e. The second-order valence-corrected chi connectivity index (χ2v) is 8.73. The number of carbonyl (C=O) groups is 3. The second kappa shape index (κ2) is 10.6. The van der Waals surface area contributed by atoms with Gasteiger partial charge in [0.05, 0.1) is 11.3 Å². The van der Waals surface area contributed by atoms with Crippen LogP contribution in [0, 0.1) is 0 Å². The quantitative estimate of drug-likeness (QED) is 0.375. The number of ether oxygens (including phenoxy) is 1. The number of hydrogen-bond acceptors (Lipinski definition) is 4. The minimum absolute atomic E-state index is 0.0606. The molecule has 1 aliphatic rings. The molecular formula is C27H25ClN2O5. The predicted octanol–water partition coefficient (Wildman–Crippen LogP) is 5.68. The van der Waals surface area contributed by atoms with Gasteiger partial charge in [-0.05, 0) is 46.9 Å². The van der Waals surface area contributed by atoms with Crippen molar-refractivity contribution >= 4 is 35.3 Å². The van der Waals surface area contributed by atoms with E-state index in [1.54, 1.807) is 0 Å². The van der Waals surface area contributed by atoms with E-state index in [4.69, 9.17) is 16.3 Å². The van der Waals surface area contributed by atoms with E-state index in [0.29, 0.717) is 12.8 Å². The fraction of sp³-hybridized carbons (Fsp3) is 0.222. The van der Waals surface area contributed by atoms with Crippen molar-refractivity contribution in [2.24, 2.45) is 0 Å². The van der Waals surface area contributed by atoms with Crippen LogP contribution in [0.4, 0.5) is 10.5 Å². The van der Waals surface area contributed by atoms with Gasteiger partial charge in [0.2, 0.25) is 5.91 Å². The Bertz CT molecular complexity index is 1230. The molecule has 35 heavy (non-hydrogen) atoms. The number of amides is 2. The second-order valence-electron chi connectivity index (χ2n) is 8.30. The molecule has 2 amide bonds. The number of carboxylic acid groups (broad SMARTS) is 1. The summed E-state index contributed by atoms with van der Waals surface area (Å²) in [5.74, 6) is -1.85. The summed E-state index contributed by atoms with van der Waals surface area (Å²) in [6, 6.07) is 19.2. The minimum atomic E-state index is -1.20. The van der Waals surface area contributed by atoms with Gasteiger partial charge in [0.25, 0.3) is 0 Å². The van der Waals surface area contributed by atoms with E-state index < -0.39 is 24.0 Å². The number of carbonyl (C=O) groups excluding carboxylic acids is 2. The summed E-state index contributed by atoms with van der Waals surface area (Å²) in [6.45, 7) is 2.00. The van der Waals surface area contributed by atoms with Gasteiger partial charge in [-0.2, -0.15) is 0 Å². The van der Waals surface area contributed by atoms with E-state index in [0.717, 1.165) is 22.3 Å². The number of fused-ring (bicyclic) bond motifs is 3. The maximum Gasteiger partial charge on any atom is 0.407 e. The van der Waals surface area contributed by atoms with Crippen molar-refractivity contribution in [3.05, 3.63) is 88.4 Å². The third-order valence-corrected chi connectivity index (χ3v) is 6.23. The van der Waals surface area contributed by atoms with E-state index in [1.807, 2.05) is 43.3 Å². The Labute approximate surface area is 208 Å². The molecule has 0 saturated heterocycles. The summed E-state index contributed by atoms with van der Waals surface area (Å²) in [5.41, 5.74) is 4.38. The number of carboxylic acids is 1. The Hall–Kier alpha value is -3.84. The lowest BCUT2D eigenvalue weighted by Gasteiger charge is -2.20.